The molecule has 0 heterocycles. The first-order valence-corrected chi connectivity index (χ1v) is 8.13. The van der Waals surface area contributed by atoms with Crippen molar-refractivity contribution >= 4 is 27.7 Å². The summed E-state index contributed by atoms with van der Waals surface area (Å²) in [7, 11) is 2.17. The van der Waals surface area contributed by atoms with Crippen molar-refractivity contribution in [3.63, 3.8) is 0 Å². The molecule has 0 aliphatic heterocycles. The molecule has 0 fully saturated rings. The van der Waals surface area contributed by atoms with E-state index in [-0.39, 0.29) is 0 Å². The van der Waals surface area contributed by atoms with Gasteiger partial charge in [-0.05, 0) is 36.9 Å². The molecule has 19 heavy (non-hydrogen) atoms. The molecule has 0 aromatic heterocycles. The zero-order valence-corrected chi connectivity index (χ0v) is 13.5. The molecule has 0 bridgehead atoms. The van der Waals surface area contributed by atoms with Gasteiger partial charge in [-0.15, -0.1) is 11.8 Å². The van der Waals surface area contributed by atoms with Crippen LogP contribution < -0.4 is 0 Å². The Hall–Kier alpha value is -0.770. The summed E-state index contributed by atoms with van der Waals surface area (Å²) < 4.78 is 1.14. The van der Waals surface area contributed by atoms with Crippen molar-refractivity contribution in [2.45, 2.75) is 11.4 Å². The zero-order valence-electron chi connectivity index (χ0n) is 11.1. The highest BCUT2D eigenvalue weighted by molar-refractivity contribution is 9.10. The Morgan fingerprint density at radius 2 is 1.68 bits per heavy atom. The van der Waals surface area contributed by atoms with Gasteiger partial charge < -0.3 is 4.90 Å². The average Bonchev–Trinajstić information content (AvgIpc) is 2.43. The van der Waals surface area contributed by atoms with Gasteiger partial charge in [0.1, 0.15) is 0 Å². The fraction of sp³-hybridized carbons (Fsp3) is 0.250. The Bertz CT molecular complexity index is 484. The fourth-order valence-electron chi connectivity index (χ4n) is 1.82. The summed E-state index contributed by atoms with van der Waals surface area (Å²) in [5.74, 6) is 1.12. The van der Waals surface area contributed by atoms with Gasteiger partial charge in [0.25, 0.3) is 0 Å². The molecule has 0 aliphatic carbocycles. The molecule has 3 heteroatoms. The van der Waals surface area contributed by atoms with Crippen molar-refractivity contribution in [1.29, 1.82) is 0 Å². The third kappa shape index (κ3) is 5.39. The average molecular weight is 336 g/mol. The minimum Gasteiger partial charge on any atom is -0.301 e. The summed E-state index contributed by atoms with van der Waals surface area (Å²) in [6.45, 7) is 2.10. The van der Waals surface area contributed by atoms with Crippen LogP contribution in [0, 0.1) is 0 Å². The molecular weight excluding hydrogens is 318 g/mol. The van der Waals surface area contributed by atoms with E-state index in [9.17, 15) is 0 Å². The van der Waals surface area contributed by atoms with Crippen molar-refractivity contribution < 1.29 is 0 Å². The van der Waals surface area contributed by atoms with E-state index in [0.29, 0.717) is 0 Å². The normalized spacial score (nSPS) is 10.9. The van der Waals surface area contributed by atoms with Crippen LogP contribution in [0.3, 0.4) is 0 Å². The SMILES string of the molecule is CN(CCSc1ccccc1)Cc1ccc(Br)cc1. The van der Waals surface area contributed by atoms with E-state index < -0.39 is 0 Å². The van der Waals surface area contributed by atoms with Gasteiger partial charge in [0.2, 0.25) is 0 Å². The first-order chi connectivity index (χ1) is 9.24. The monoisotopic (exact) mass is 335 g/mol. The molecule has 0 radical (unpaired) electrons. The van der Waals surface area contributed by atoms with E-state index in [1.54, 1.807) is 0 Å². The molecule has 0 saturated heterocycles. The highest BCUT2D eigenvalue weighted by Gasteiger charge is 2.01. The van der Waals surface area contributed by atoms with E-state index in [4.69, 9.17) is 0 Å². The molecule has 0 atom stereocenters. The number of hydrogen-bond donors (Lipinski definition) is 0. The third-order valence-corrected chi connectivity index (χ3v) is 4.37. The summed E-state index contributed by atoms with van der Waals surface area (Å²) >= 11 is 5.38. The molecule has 0 amide bonds. The molecule has 0 unspecified atom stereocenters. The van der Waals surface area contributed by atoms with Gasteiger partial charge in [-0.2, -0.15) is 0 Å². The van der Waals surface area contributed by atoms with Crippen molar-refractivity contribution in [2.75, 3.05) is 19.3 Å². The number of nitrogens with zero attached hydrogens (tertiary/aromatic N) is 1. The van der Waals surface area contributed by atoms with E-state index in [1.807, 2.05) is 11.8 Å². The predicted octanol–water partition coefficient (Wildman–Crippen LogP) is 4.67. The highest BCUT2D eigenvalue weighted by Crippen LogP contribution is 2.17. The molecule has 0 saturated carbocycles. The second-order valence-electron chi connectivity index (χ2n) is 4.53. The molecule has 2 rings (SSSR count). The number of benzene rings is 2. The van der Waals surface area contributed by atoms with Gasteiger partial charge in [0.05, 0.1) is 0 Å². The van der Waals surface area contributed by atoms with Gasteiger partial charge >= 0.3 is 0 Å². The van der Waals surface area contributed by atoms with Gasteiger partial charge in [-0.25, -0.2) is 0 Å². The van der Waals surface area contributed by atoms with Crippen LogP contribution in [-0.4, -0.2) is 24.2 Å². The van der Waals surface area contributed by atoms with E-state index in [1.165, 1.54) is 10.5 Å². The number of rotatable bonds is 6. The Morgan fingerprint density at radius 3 is 2.37 bits per heavy atom. The van der Waals surface area contributed by atoms with Gasteiger partial charge in [0.15, 0.2) is 0 Å². The van der Waals surface area contributed by atoms with Crippen LogP contribution in [0.25, 0.3) is 0 Å². The molecule has 0 spiro atoms. The second-order valence-corrected chi connectivity index (χ2v) is 6.61. The molecule has 2 aromatic carbocycles. The van der Waals surface area contributed by atoms with Crippen LogP contribution in [-0.2, 0) is 6.54 Å². The zero-order chi connectivity index (χ0) is 13.5. The standard InChI is InChI=1S/C16H18BrNS/c1-18(13-14-7-9-15(17)10-8-14)11-12-19-16-5-3-2-4-6-16/h2-10H,11-13H2,1H3. The fourth-order valence-corrected chi connectivity index (χ4v) is 3.07. The Kier molecular flexibility index (Phi) is 5.95. The van der Waals surface area contributed by atoms with Crippen LogP contribution in [0.1, 0.15) is 5.56 Å². The topological polar surface area (TPSA) is 3.24 Å². The van der Waals surface area contributed by atoms with E-state index >= 15 is 0 Å². The summed E-state index contributed by atoms with van der Waals surface area (Å²) in [5.41, 5.74) is 1.36. The Labute approximate surface area is 128 Å². The summed E-state index contributed by atoms with van der Waals surface area (Å²) in [6, 6.07) is 19.1. The van der Waals surface area contributed by atoms with Gasteiger partial charge in [-0.3, -0.25) is 0 Å². The largest absolute Gasteiger partial charge is 0.301 e. The van der Waals surface area contributed by atoms with E-state index in [2.05, 4.69) is 82.5 Å². The first kappa shape index (κ1) is 14.6. The minimum absolute atomic E-state index is 1.00. The molecule has 0 aliphatic rings. The number of hydrogen-bond acceptors (Lipinski definition) is 2. The first-order valence-electron chi connectivity index (χ1n) is 6.35. The van der Waals surface area contributed by atoms with Gasteiger partial charge in [-0.1, -0.05) is 46.3 Å². The molecule has 2 aromatic rings. The maximum absolute atomic E-state index is 3.46. The lowest BCUT2D eigenvalue weighted by molar-refractivity contribution is 0.348. The third-order valence-electron chi connectivity index (χ3n) is 2.85. The van der Waals surface area contributed by atoms with Crippen LogP contribution in [0.15, 0.2) is 64.0 Å². The predicted molar refractivity (Wildman–Crippen MR) is 87.6 cm³/mol. The maximum Gasteiger partial charge on any atom is 0.0231 e. The van der Waals surface area contributed by atoms with E-state index in [0.717, 1.165) is 23.3 Å². The smallest absolute Gasteiger partial charge is 0.0231 e. The lowest BCUT2D eigenvalue weighted by atomic mass is 10.2. The number of halogens is 1. The quantitative estimate of drug-likeness (QED) is 0.705. The summed E-state index contributed by atoms with van der Waals surface area (Å²) in [4.78, 5) is 3.71. The van der Waals surface area contributed by atoms with Crippen LogP contribution in [0.2, 0.25) is 0 Å². The van der Waals surface area contributed by atoms with Crippen molar-refractivity contribution in [2.24, 2.45) is 0 Å². The minimum atomic E-state index is 1.00. The number of thioether (sulfide) groups is 1. The van der Waals surface area contributed by atoms with Crippen LogP contribution >= 0.6 is 27.7 Å². The molecular formula is C16H18BrNS. The highest BCUT2D eigenvalue weighted by atomic mass is 79.9. The lowest BCUT2D eigenvalue weighted by Gasteiger charge is -2.16. The van der Waals surface area contributed by atoms with Crippen LogP contribution in [0.4, 0.5) is 0 Å². The van der Waals surface area contributed by atoms with Crippen molar-refractivity contribution in [3.8, 4) is 0 Å². The summed E-state index contributed by atoms with van der Waals surface area (Å²) in [5, 5.41) is 0. The molecule has 100 valence electrons. The lowest BCUT2D eigenvalue weighted by Crippen LogP contribution is -2.20. The van der Waals surface area contributed by atoms with Crippen molar-refractivity contribution in [1.82, 2.24) is 4.90 Å². The molecule has 0 N–H and O–H groups in total. The van der Waals surface area contributed by atoms with Gasteiger partial charge in [0, 0.05) is 28.2 Å². The van der Waals surface area contributed by atoms with Crippen molar-refractivity contribution in [3.05, 3.63) is 64.6 Å². The van der Waals surface area contributed by atoms with Crippen LogP contribution in [0.5, 0.6) is 0 Å². The maximum atomic E-state index is 3.46. The summed E-state index contributed by atoms with van der Waals surface area (Å²) in [6.07, 6.45) is 0. The Morgan fingerprint density at radius 1 is 1.00 bits per heavy atom. The molecule has 1 nitrogen and oxygen atoms in total. The Balaban J connectivity index is 1.73. The second kappa shape index (κ2) is 7.73.